The molecule has 0 aromatic carbocycles. The minimum Gasteiger partial charge on any atom is -0.366 e. The highest BCUT2D eigenvalue weighted by Crippen LogP contribution is 2.47. The molecule has 2 N–H and O–H groups in total. The van der Waals surface area contributed by atoms with Gasteiger partial charge in [-0.25, -0.2) is 4.98 Å². The number of nitrogens with zero attached hydrogens (tertiary/aromatic N) is 2. The van der Waals surface area contributed by atoms with Crippen molar-refractivity contribution in [3.8, 4) is 0 Å². The summed E-state index contributed by atoms with van der Waals surface area (Å²) in [6.07, 6.45) is 1.20. The lowest BCUT2D eigenvalue weighted by Crippen LogP contribution is -2.11. The van der Waals surface area contributed by atoms with E-state index >= 15 is 0 Å². The molecule has 3 rings (SSSR count). The van der Waals surface area contributed by atoms with Gasteiger partial charge in [-0.05, 0) is 24.8 Å². The van der Waals surface area contributed by atoms with Gasteiger partial charge in [0, 0.05) is 18.0 Å². The zero-order chi connectivity index (χ0) is 12.9. The Hall–Kier alpha value is -1.36. The Bertz CT molecular complexity index is 602. The third kappa shape index (κ3) is 1.92. The van der Waals surface area contributed by atoms with Gasteiger partial charge in [0.2, 0.25) is 5.95 Å². The fourth-order valence-electron chi connectivity index (χ4n) is 2.14. The first-order valence-electron chi connectivity index (χ1n) is 6.22. The Balaban J connectivity index is 2.03. The molecule has 1 aliphatic rings. The minimum atomic E-state index is 0.391. The Morgan fingerprint density at radius 1 is 1.39 bits per heavy atom. The van der Waals surface area contributed by atoms with Crippen molar-refractivity contribution in [2.45, 2.75) is 33.2 Å². The molecule has 18 heavy (non-hydrogen) atoms. The van der Waals surface area contributed by atoms with E-state index < -0.39 is 0 Å². The lowest BCUT2D eigenvalue weighted by Gasteiger charge is -2.09. The van der Waals surface area contributed by atoms with E-state index in [0.717, 1.165) is 16.0 Å². The van der Waals surface area contributed by atoms with E-state index in [0.29, 0.717) is 17.4 Å². The Kier molecular flexibility index (Phi) is 2.48. The van der Waals surface area contributed by atoms with E-state index in [1.54, 1.807) is 11.3 Å². The van der Waals surface area contributed by atoms with Gasteiger partial charge in [0.05, 0.1) is 5.39 Å². The second-order valence-corrected chi connectivity index (χ2v) is 6.85. The first-order valence-corrected chi connectivity index (χ1v) is 7.04. The van der Waals surface area contributed by atoms with Crippen LogP contribution in [0.2, 0.25) is 0 Å². The lowest BCUT2D eigenvalue weighted by atomic mass is 10.2. The average molecular weight is 262 g/mol. The normalized spacial score (nSPS) is 21.0. The van der Waals surface area contributed by atoms with E-state index in [1.165, 1.54) is 11.3 Å². The van der Waals surface area contributed by atoms with Gasteiger partial charge >= 0.3 is 0 Å². The largest absolute Gasteiger partial charge is 0.366 e. The molecule has 1 aliphatic carbocycles. The Morgan fingerprint density at radius 2 is 2.11 bits per heavy atom. The van der Waals surface area contributed by atoms with Crippen LogP contribution in [0.5, 0.6) is 0 Å². The van der Waals surface area contributed by atoms with Crippen molar-refractivity contribution in [2.24, 2.45) is 5.41 Å². The molecule has 0 spiro atoms. The molecule has 0 amide bonds. The van der Waals surface area contributed by atoms with Crippen LogP contribution < -0.4 is 10.6 Å². The molecule has 0 bridgehead atoms. The fraction of sp³-hybridized carbons (Fsp3) is 0.538. The molecule has 0 aliphatic heterocycles. The maximum atomic E-state index is 4.55. The second kappa shape index (κ2) is 3.82. The molecule has 1 saturated carbocycles. The predicted molar refractivity (Wildman–Crippen MR) is 77.5 cm³/mol. The number of aryl methyl sites for hydroxylation is 1. The molecule has 2 aromatic heterocycles. The maximum Gasteiger partial charge on any atom is 0.225 e. The van der Waals surface area contributed by atoms with Crippen molar-refractivity contribution in [1.82, 2.24) is 9.97 Å². The summed E-state index contributed by atoms with van der Waals surface area (Å²) in [5, 5.41) is 7.72. The maximum absolute atomic E-state index is 4.55. The zero-order valence-electron chi connectivity index (χ0n) is 11.2. The molecule has 4 nitrogen and oxygen atoms in total. The highest BCUT2D eigenvalue weighted by Gasteiger charge is 2.46. The van der Waals surface area contributed by atoms with Crippen molar-refractivity contribution in [3.05, 3.63) is 10.9 Å². The molecule has 0 radical (unpaired) electrons. The van der Waals surface area contributed by atoms with Crippen LogP contribution in [0.25, 0.3) is 10.2 Å². The van der Waals surface area contributed by atoms with Gasteiger partial charge in [-0.1, -0.05) is 13.8 Å². The smallest absolute Gasteiger partial charge is 0.225 e. The van der Waals surface area contributed by atoms with Crippen molar-refractivity contribution < 1.29 is 0 Å². The second-order valence-electron chi connectivity index (χ2n) is 5.61. The van der Waals surface area contributed by atoms with Crippen molar-refractivity contribution in [3.63, 3.8) is 0 Å². The van der Waals surface area contributed by atoms with E-state index in [4.69, 9.17) is 0 Å². The summed E-state index contributed by atoms with van der Waals surface area (Å²) < 4.78 is 0. The zero-order valence-corrected chi connectivity index (χ0v) is 12.0. The summed E-state index contributed by atoms with van der Waals surface area (Å²) in [4.78, 5) is 11.4. The summed E-state index contributed by atoms with van der Waals surface area (Å²) in [5.74, 6) is 1.65. The van der Waals surface area contributed by atoms with E-state index in [2.05, 4.69) is 47.4 Å². The van der Waals surface area contributed by atoms with Gasteiger partial charge in [-0.15, -0.1) is 11.3 Å². The van der Waals surface area contributed by atoms with Crippen LogP contribution in [-0.2, 0) is 0 Å². The van der Waals surface area contributed by atoms with Crippen LogP contribution in [0.15, 0.2) is 6.07 Å². The van der Waals surface area contributed by atoms with Crippen LogP contribution in [-0.4, -0.2) is 23.1 Å². The SMILES string of the molecule is CNc1nc(NC2CC2(C)C)c2cc(C)sc2n1. The van der Waals surface area contributed by atoms with Gasteiger partial charge in [-0.3, -0.25) is 0 Å². The summed E-state index contributed by atoms with van der Waals surface area (Å²) in [5.41, 5.74) is 0.391. The number of hydrogen-bond donors (Lipinski definition) is 2. The first-order chi connectivity index (χ1) is 8.49. The minimum absolute atomic E-state index is 0.391. The number of anilines is 2. The van der Waals surface area contributed by atoms with E-state index in [9.17, 15) is 0 Å². The fourth-order valence-corrected chi connectivity index (χ4v) is 3.02. The molecular weight excluding hydrogens is 244 g/mol. The molecule has 96 valence electrons. The first kappa shape index (κ1) is 11.7. The predicted octanol–water partition coefficient (Wildman–Crippen LogP) is 3.25. The summed E-state index contributed by atoms with van der Waals surface area (Å²) in [6, 6.07) is 2.69. The topological polar surface area (TPSA) is 49.8 Å². The molecule has 1 fully saturated rings. The Morgan fingerprint density at radius 3 is 2.72 bits per heavy atom. The van der Waals surface area contributed by atoms with Crippen LogP contribution in [0.3, 0.4) is 0 Å². The van der Waals surface area contributed by atoms with Crippen LogP contribution in [0.4, 0.5) is 11.8 Å². The van der Waals surface area contributed by atoms with Gasteiger partial charge < -0.3 is 10.6 Å². The van der Waals surface area contributed by atoms with Gasteiger partial charge in [-0.2, -0.15) is 4.98 Å². The molecule has 0 saturated heterocycles. The van der Waals surface area contributed by atoms with Gasteiger partial charge in [0.25, 0.3) is 0 Å². The molecule has 2 aromatic rings. The van der Waals surface area contributed by atoms with E-state index in [1.807, 2.05) is 7.05 Å². The van der Waals surface area contributed by atoms with Gasteiger partial charge in [0.1, 0.15) is 10.6 Å². The van der Waals surface area contributed by atoms with Crippen LogP contribution >= 0.6 is 11.3 Å². The van der Waals surface area contributed by atoms with E-state index in [-0.39, 0.29) is 0 Å². The third-order valence-corrected chi connectivity index (χ3v) is 4.51. The van der Waals surface area contributed by atoms with Gasteiger partial charge in [0.15, 0.2) is 0 Å². The molecular formula is C13H18N4S. The van der Waals surface area contributed by atoms with Crippen LogP contribution in [0.1, 0.15) is 25.1 Å². The monoisotopic (exact) mass is 262 g/mol. The van der Waals surface area contributed by atoms with Crippen molar-refractivity contribution in [1.29, 1.82) is 0 Å². The van der Waals surface area contributed by atoms with Crippen molar-refractivity contribution in [2.75, 3.05) is 17.7 Å². The third-order valence-electron chi connectivity index (χ3n) is 3.56. The number of fused-ring (bicyclic) bond motifs is 1. The molecule has 1 atom stereocenters. The summed E-state index contributed by atoms with van der Waals surface area (Å²) in [7, 11) is 1.85. The van der Waals surface area contributed by atoms with Crippen LogP contribution in [0, 0.1) is 12.3 Å². The number of thiophene rings is 1. The number of hydrogen-bond acceptors (Lipinski definition) is 5. The highest BCUT2D eigenvalue weighted by molar-refractivity contribution is 7.18. The molecule has 1 unspecified atom stereocenters. The standard InChI is InChI=1S/C13H18N4S/c1-7-5-8-10(15-9-6-13(9,2)3)16-12(14-4)17-11(8)18-7/h5,9H,6H2,1-4H3,(H2,14,15,16,17). The number of rotatable bonds is 3. The summed E-state index contributed by atoms with van der Waals surface area (Å²) >= 11 is 1.71. The lowest BCUT2D eigenvalue weighted by molar-refractivity contribution is 0.630. The van der Waals surface area contributed by atoms with Crippen molar-refractivity contribution >= 4 is 33.3 Å². The number of aromatic nitrogens is 2. The Labute approximate surface area is 111 Å². The quantitative estimate of drug-likeness (QED) is 0.891. The summed E-state index contributed by atoms with van der Waals surface area (Å²) in [6.45, 7) is 6.66. The average Bonchev–Trinajstić information content (AvgIpc) is 2.71. The number of nitrogens with one attached hydrogen (secondary N) is 2. The molecule has 2 heterocycles. The molecule has 5 heteroatoms. The highest BCUT2D eigenvalue weighted by atomic mass is 32.1.